The van der Waals surface area contributed by atoms with Crippen molar-refractivity contribution in [2.75, 3.05) is 27.2 Å². The van der Waals surface area contributed by atoms with Gasteiger partial charge in [-0.1, -0.05) is 6.07 Å². The SMILES string of the molecule is CN(C)C(=O)c1sc2ncccc2c1[C@@H]1CCN(Cc2cnn(-c3ccc(F)cc3)c2)C1. The largest absolute Gasteiger partial charge is 0.344 e. The molecule has 5 rings (SSSR count). The van der Waals surface area contributed by atoms with Crippen molar-refractivity contribution < 1.29 is 9.18 Å². The van der Waals surface area contributed by atoms with Crippen LogP contribution in [0, 0.1) is 5.82 Å². The number of carbonyl (C=O) groups excluding carboxylic acids is 1. The fraction of sp³-hybridized carbons (Fsp3) is 0.292. The predicted octanol–water partition coefficient (Wildman–Crippen LogP) is 4.31. The molecule has 164 valence electrons. The van der Waals surface area contributed by atoms with Crippen LogP contribution in [-0.4, -0.2) is 57.7 Å². The van der Waals surface area contributed by atoms with Crippen LogP contribution in [0.3, 0.4) is 0 Å². The summed E-state index contributed by atoms with van der Waals surface area (Å²) in [6.45, 7) is 2.63. The van der Waals surface area contributed by atoms with Gasteiger partial charge in [0.25, 0.3) is 5.91 Å². The highest BCUT2D eigenvalue weighted by molar-refractivity contribution is 7.20. The quantitative estimate of drug-likeness (QED) is 0.456. The van der Waals surface area contributed by atoms with E-state index in [1.165, 1.54) is 23.5 Å². The van der Waals surface area contributed by atoms with Gasteiger partial charge in [-0.2, -0.15) is 5.10 Å². The number of benzene rings is 1. The maximum absolute atomic E-state index is 13.2. The number of nitrogens with zero attached hydrogens (tertiary/aromatic N) is 5. The van der Waals surface area contributed by atoms with Gasteiger partial charge in [-0.15, -0.1) is 11.3 Å². The Hall–Kier alpha value is -3.10. The molecular weight excluding hydrogens is 425 g/mol. The van der Waals surface area contributed by atoms with Crippen molar-refractivity contribution in [2.45, 2.75) is 18.9 Å². The monoisotopic (exact) mass is 449 g/mol. The number of amides is 1. The van der Waals surface area contributed by atoms with Gasteiger partial charge in [0.05, 0.1) is 16.8 Å². The van der Waals surface area contributed by atoms with E-state index >= 15 is 0 Å². The van der Waals surface area contributed by atoms with E-state index in [0.717, 1.165) is 58.0 Å². The minimum atomic E-state index is -0.257. The first-order chi connectivity index (χ1) is 15.5. The topological polar surface area (TPSA) is 54.3 Å². The fourth-order valence-electron chi connectivity index (χ4n) is 4.37. The van der Waals surface area contributed by atoms with E-state index in [1.807, 2.05) is 18.5 Å². The van der Waals surface area contributed by atoms with Gasteiger partial charge in [-0.05, 0) is 48.9 Å². The molecule has 8 heteroatoms. The zero-order chi connectivity index (χ0) is 22.2. The molecule has 6 nitrogen and oxygen atoms in total. The molecule has 1 atom stereocenters. The number of halogens is 1. The van der Waals surface area contributed by atoms with Crippen LogP contribution in [0.4, 0.5) is 4.39 Å². The Morgan fingerprint density at radius 3 is 2.84 bits per heavy atom. The zero-order valence-corrected chi connectivity index (χ0v) is 18.8. The molecule has 0 bridgehead atoms. The number of fused-ring (bicyclic) bond motifs is 1. The molecule has 1 aliphatic rings. The second-order valence-corrected chi connectivity index (χ2v) is 9.39. The number of aromatic nitrogens is 3. The van der Waals surface area contributed by atoms with Crippen molar-refractivity contribution in [3.8, 4) is 5.69 Å². The van der Waals surface area contributed by atoms with Crippen LogP contribution in [-0.2, 0) is 6.54 Å². The van der Waals surface area contributed by atoms with Crippen molar-refractivity contribution in [1.29, 1.82) is 0 Å². The number of hydrogen-bond acceptors (Lipinski definition) is 5. The molecule has 0 spiro atoms. The summed E-state index contributed by atoms with van der Waals surface area (Å²) in [6, 6.07) is 10.3. The Labute approximate surface area is 189 Å². The first kappa shape index (κ1) is 20.8. The lowest BCUT2D eigenvalue weighted by molar-refractivity contribution is 0.0831. The molecule has 0 N–H and O–H groups in total. The standard InChI is InChI=1S/C24H24FN5OS/c1-28(2)24(31)22-21(20-4-3-10-26-23(20)32-22)17-9-11-29(15-17)13-16-12-27-30(14-16)19-7-5-18(25)6-8-19/h3-8,10,12,14,17H,9,11,13,15H2,1-2H3/t17-/m1/s1. The van der Waals surface area contributed by atoms with Crippen LogP contribution in [0.15, 0.2) is 55.0 Å². The fourth-order valence-corrected chi connectivity index (χ4v) is 5.62. The summed E-state index contributed by atoms with van der Waals surface area (Å²) < 4.78 is 15.0. The van der Waals surface area contributed by atoms with E-state index < -0.39 is 0 Å². The molecule has 1 saturated heterocycles. The number of thiophene rings is 1. The van der Waals surface area contributed by atoms with Crippen LogP contribution >= 0.6 is 11.3 Å². The van der Waals surface area contributed by atoms with Gasteiger partial charge < -0.3 is 4.90 Å². The van der Waals surface area contributed by atoms with Crippen molar-refractivity contribution in [3.05, 3.63) is 76.8 Å². The maximum Gasteiger partial charge on any atom is 0.263 e. The van der Waals surface area contributed by atoms with Gasteiger partial charge in [0.2, 0.25) is 0 Å². The average molecular weight is 450 g/mol. The summed E-state index contributed by atoms with van der Waals surface area (Å²) in [5.41, 5.74) is 3.08. The highest BCUT2D eigenvalue weighted by Crippen LogP contribution is 2.40. The van der Waals surface area contributed by atoms with Crippen molar-refractivity contribution in [1.82, 2.24) is 24.6 Å². The third kappa shape index (κ3) is 3.91. The molecule has 0 saturated carbocycles. The van der Waals surface area contributed by atoms with Crippen LogP contribution < -0.4 is 0 Å². The first-order valence-electron chi connectivity index (χ1n) is 10.6. The summed E-state index contributed by atoms with van der Waals surface area (Å²) in [5.74, 6) is 0.0773. The number of hydrogen-bond donors (Lipinski definition) is 0. The minimum Gasteiger partial charge on any atom is -0.344 e. The lowest BCUT2D eigenvalue weighted by atomic mass is 9.95. The zero-order valence-electron chi connectivity index (χ0n) is 18.0. The van der Waals surface area contributed by atoms with E-state index in [1.54, 1.807) is 42.0 Å². The second-order valence-electron chi connectivity index (χ2n) is 8.39. The van der Waals surface area contributed by atoms with Gasteiger partial charge in [-0.25, -0.2) is 14.1 Å². The summed E-state index contributed by atoms with van der Waals surface area (Å²) in [5, 5.41) is 5.53. The Morgan fingerprint density at radius 2 is 2.06 bits per heavy atom. The lowest BCUT2D eigenvalue weighted by Gasteiger charge is -2.17. The van der Waals surface area contributed by atoms with Gasteiger partial charge in [0.15, 0.2) is 0 Å². The Kier molecular flexibility index (Phi) is 5.48. The van der Waals surface area contributed by atoms with Crippen molar-refractivity contribution >= 4 is 27.5 Å². The van der Waals surface area contributed by atoms with Crippen LogP contribution in [0.2, 0.25) is 0 Å². The highest BCUT2D eigenvalue weighted by Gasteiger charge is 2.31. The van der Waals surface area contributed by atoms with Crippen LogP contribution in [0.25, 0.3) is 15.9 Å². The third-order valence-electron chi connectivity index (χ3n) is 5.92. The molecule has 32 heavy (non-hydrogen) atoms. The van der Waals surface area contributed by atoms with E-state index in [0.29, 0.717) is 5.92 Å². The molecule has 4 heterocycles. The number of carbonyl (C=O) groups is 1. The van der Waals surface area contributed by atoms with Gasteiger partial charge in [-0.3, -0.25) is 9.69 Å². The molecule has 0 unspecified atom stereocenters. The average Bonchev–Trinajstić information content (AvgIpc) is 3.52. The molecule has 1 aromatic carbocycles. The van der Waals surface area contributed by atoms with E-state index in [4.69, 9.17) is 0 Å². The Balaban J connectivity index is 1.35. The first-order valence-corrected chi connectivity index (χ1v) is 11.4. The third-order valence-corrected chi connectivity index (χ3v) is 7.04. The molecule has 0 aliphatic carbocycles. The van der Waals surface area contributed by atoms with Gasteiger partial charge in [0, 0.05) is 56.4 Å². The lowest BCUT2D eigenvalue weighted by Crippen LogP contribution is -2.23. The summed E-state index contributed by atoms with van der Waals surface area (Å²) in [4.78, 5) is 23.2. The molecule has 1 aliphatic heterocycles. The summed E-state index contributed by atoms with van der Waals surface area (Å²) in [7, 11) is 3.59. The minimum absolute atomic E-state index is 0.0435. The van der Waals surface area contributed by atoms with E-state index in [9.17, 15) is 9.18 Å². The molecule has 0 radical (unpaired) electrons. The summed E-state index contributed by atoms with van der Waals surface area (Å²) >= 11 is 1.49. The van der Waals surface area contributed by atoms with E-state index in [2.05, 4.69) is 21.0 Å². The number of rotatable bonds is 5. The Morgan fingerprint density at radius 1 is 1.25 bits per heavy atom. The molecule has 1 fully saturated rings. The summed E-state index contributed by atoms with van der Waals surface area (Å²) in [6.07, 6.45) is 6.64. The number of likely N-dealkylation sites (tertiary alicyclic amines) is 1. The Bertz CT molecular complexity index is 1260. The normalized spacial score (nSPS) is 16.7. The van der Waals surface area contributed by atoms with Crippen molar-refractivity contribution in [2.24, 2.45) is 0 Å². The van der Waals surface area contributed by atoms with Crippen LogP contribution in [0.5, 0.6) is 0 Å². The second kappa shape index (κ2) is 8.44. The molecular formula is C24H24FN5OS. The van der Waals surface area contributed by atoms with Crippen molar-refractivity contribution in [3.63, 3.8) is 0 Å². The molecule has 1 amide bonds. The molecule has 3 aromatic heterocycles. The van der Waals surface area contributed by atoms with Gasteiger partial charge >= 0.3 is 0 Å². The highest BCUT2D eigenvalue weighted by atomic mass is 32.1. The maximum atomic E-state index is 13.2. The number of pyridine rings is 1. The van der Waals surface area contributed by atoms with E-state index in [-0.39, 0.29) is 11.7 Å². The van der Waals surface area contributed by atoms with Gasteiger partial charge in [0.1, 0.15) is 10.6 Å². The molecule has 4 aromatic rings. The predicted molar refractivity (Wildman–Crippen MR) is 124 cm³/mol. The van der Waals surface area contributed by atoms with Crippen LogP contribution in [0.1, 0.15) is 33.1 Å². The smallest absolute Gasteiger partial charge is 0.263 e.